The van der Waals surface area contributed by atoms with Gasteiger partial charge >= 0.3 is 0 Å². The third kappa shape index (κ3) is 24.2. The van der Waals surface area contributed by atoms with Gasteiger partial charge in [-0.15, -0.1) is 0 Å². The molecule has 0 aliphatic heterocycles. The molecule has 0 rings (SSSR count). The molecule has 0 heterocycles. The molecule has 0 aromatic carbocycles. The molecule has 0 saturated carbocycles. The number of hydrogen-bond acceptors (Lipinski definition) is 0. The van der Waals surface area contributed by atoms with E-state index in [2.05, 4.69) is 0 Å². The number of alkyl halides is 3. The average Bonchev–Trinajstić information content (AvgIpc) is 2.08. The first-order valence-corrected chi connectivity index (χ1v) is 4.58. The first kappa shape index (κ1) is 30.2. The van der Waals surface area contributed by atoms with Gasteiger partial charge < -0.3 is 5.92 Å². The van der Waals surface area contributed by atoms with E-state index in [1.165, 1.54) is 5.92 Å². The molecule has 0 aliphatic carbocycles. The molecule has 0 aromatic heterocycles. The SMILES string of the molecule is C.C.CC[C-](CC)CCC(C)(F)F.CF.[Y]. The van der Waals surface area contributed by atoms with E-state index < -0.39 is 5.92 Å². The molecule has 0 unspecified atom stereocenters. The number of rotatable bonds is 5. The van der Waals surface area contributed by atoms with Crippen LogP contribution in [0.25, 0.3) is 0 Å². The normalized spacial score (nSPS) is 9.00. The Morgan fingerprint density at radius 2 is 1.31 bits per heavy atom. The minimum absolute atomic E-state index is 0. The zero-order valence-corrected chi connectivity index (χ0v) is 12.4. The third-order valence-electron chi connectivity index (χ3n) is 1.92. The fraction of sp³-hybridized carbons (Fsp3) is 0.917. The van der Waals surface area contributed by atoms with Crippen molar-refractivity contribution < 1.29 is 45.9 Å². The molecule has 0 fully saturated rings. The Bertz CT molecular complexity index is 98.9. The number of hydrogen-bond donors (Lipinski definition) is 0. The van der Waals surface area contributed by atoms with Gasteiger partial charge in [0.1, 0.15) is 0 Å². The van der Waals surface area contributed by atoms with E-state index in [0.717, 1.165) is 19.8 Å². The fourth-order valence-corrected chi connectivity index (χ4v) is 1.000. The third-order valence-corrected chi connectivity index (χ3v) is 1.92. The molecule has 0 amide bonds. The molecule has 0 bridgehead atoms. The van der Waals surface area contributed by atoms with E-state index in [4.69, 9.17) is 0 Å². The number of halogens is 3. The van der Waals surface area contributed by atoms with Crippen LogP contribution < -0.4 is 0 Å². The predicted octanol–water partition coefficient (Wildman–Crippen LogP) is 5.67. The molecule has 1 radical (unpaired) electrons. The van der Waals surface area contributed by atoms with Crippen molar-refractivity contribution in [1.82, 2.24) is 0 Å². The van der Waals surface area contributed by atoms with Crippen molar-refractivity contribution in [2.24, 2.45) is 0 Å². The summed E-state index contributed by atoms with van der Waals surface area (Å²) in [7, 11) is 0.500. The van der Waals surface area contributed by atoms with Crippen molar-refractivity contribution in [3.8, 4) is 0 Å². The van der Waals surface area contributed by atoms with Crippen LogP contribution in [0.2, 0.25) is 0 Å². The van der Waals surface area contributed by atoms with E-state index in [9.17, 15) is 13.2 Å². The Kier molecular flexibility index (Phi) is 34.4. The summed E-state index contributed by atoms with van der Waals surface area (Å²) in [5, 5.41) is 0. The smallest absolute Gasteiger partial charge is 0.243 e. The van der Waals surface area contributed by atoms with Crippen LogP contribution in [0.15, 0.2) is 0 Å². The van der Waals surface area contributed by atoms with E-state index in [1.54, 1.807) is 0 Å². The first-order chi connectivity index (χ1) is 5.99. The Labute approximate surface area is 126 Å². The van der Waals surface area contributed by atoms with Crippen LogP contribution >= 0.6 is 0 Å². The standard InChI is InChI=1S/C9H17F2.CH3F.2CH4.Y/c1-4-8(5-2)6-7-9(3,10)11;1-2;;;/h4-7H2,1-3H3;1H3;2*1H4;/q-1;;;;. The van der Waals surface area contributed by atoms with E-state index in [1.807, 2.05) is 13.8 Å². The van der Waals surface area contributed by atoms with E-state index >= 15 is 0 Å². The summed E-state index contributed by atoms with van der Waals surface area (Å²) in [5.41, 5.74) is 0. The average molecular weight is 318 g/mol. The maximum Gasteiger partial charge on any atom is 0.243 e. The molecule has 0 saturated heterocycles. The van der Waals surface area contributed by atoms with Gasteiger partial charge in [-0.25, -0.2) is 8.78 Å². The van der Waals surface area contributed by atoms with Crippen LogP contribution in [0.3, 0.4) is 0 Å². The molecule has 16 heavy (non-hydrogen) atoms. The zero-order chi connectivity index (χ0) is 10.9. The van der Waals surface area contributed by atoms with Crippen molar-refractivity contribution in [3.05, 3.63) is 5.92 Å². The molecule has 0 spiro atoms. The van der Waals surface area contributed by atoms with Crippen LogP contribution in [0, 0.1) is 5.92 Å². The molecule has 0 aromatic rings. The minimum Gasteiger partial charge on any atom is -0.314 e. The second-order valence-electron chi connectivity index (χ2n) is 3.03. The molecular formula is C12H28F3Y-. The molecule has 101 valence electrons. The molecule has 4 heteroatoms. The van der Waals surface area contributed by atoms with Gasteiger partial charge in [0.05, 0.1) is 7.18 Å². The van der Waals surface area contributed by atoms with Crippen LogP contribution in [-0.4, -0.2) is 13.1 Å². The maximum atomic E-state index is 12.3. The van der Waals surface area contributed by atoms with Gasteiger partial charge in [-0.3, -0.25) is 4.39 Å². The summed E-state index contributed by atoms with van der Waals surface area (Å²) >= 11 is 0. The monoisotopic (exact) mass is 318 g/mol. The summed E-state index contributed by atoms with van der Waals surface area (Å²) in [5.74, 6) is -1.25. The second kappa shape index (κ2) is 18.3. The van der Waals surface area contributed by atoms with Gasteiger partial charge in [-0.05, 0) is 13.3 Å². The van der Waals surface area contributed by atoms with Crippen molar-refractivity contribution in [2.45, 2.75) is 67.2 Å². The second-order valence-corrected chi connectivity index (χ2v) is 3.03. The summed E-state index contributed by atoms with van der Waals surface area (Å²) < 4.78 is 34.2. The van der Waals surface area contributed by atoms with Crippen molar-refractivity contribution in [3.63, 3.8) is 0 Å². The topological polar surface area (TPSA) is 0 Å². The molecule has 0 aliphatic rings. The van der Waals surface area contributed by atoms with Gasteiger partial charge in [0.25, 0.3) is 0 Å². The summed E-state index contributed by atoms with van der Waals surface area (Å²) in [4.78, 5) is 0. The summed E-state index contributed by atoms with van der Waals surface area (Å²) in [6, 6.07) is 0. The van der Waals surface area contributed by atoms with Crippen molar-refractivity contribution in [1.29, 1.82) is 0 Å². The van der Waals surface area contributed by atoms with Crippen molar-refractivity contribution in [2.75, 3.05) is 7.18 Å². The van der Waals surface area contributed by atoms with Crippen LogP contribution in [0.5, 0.6) is 0 Å². The zero-order valence-electron chi connectivity index (χ0n) is 9.54. The minimum atomic E-state index is -2.49. The van der Waals surface area contributed by atoms with Crippen LogP contribution in [-0.2, 0) is 32.7 Å². The Hall–Kier alpha value is 0.894. The van der Waals surface area contributed by atoms with E-state index in [-0.39, 0.29) is 54.0 Å². The summed E-state index contributed by atoms with van der Waals surface area (Å²) in [6.45, 7) is 5.02. The quantitative estimate of drug-likeness (QED) is 0.573. The Morgan fingerprint density at radius 1 is 1.00 bits per heavy atom. The molecule has 0 nitrogen and oxygen atoms in total. The van der Waals surface area contributed by atoms with E-state index in [0.29, 0.717) is 13.6 Å². The maximum absolute atomic E-state index is 12.3. The van der Waals surface area contributed by atoms with Gasteiger partial charge in [-0.2, -0.15) is 19.3 Å². The predicted molar refractivity (Wildman–Crippen MR) is 64.2 cm³/mol. The summed E-state index contributed by atoms with van der Waals surface area (Å²) in [6.07, 6.45) is 2.46. The molecule has 0 atom stereocenters. The van der Waals surface area contributed by atoms with Gasteiger partial charge in [0, 0.05) is 32.7 Å². The van der Waals surface area contributed by atoms with Gasteiger partial charge in [-0.1, -0.05) is 28.7 Å². The van der Waals surface area contributed by atoms with Crippen molar-refractivity contribution >= 4 is 0 Å². The van der Waals surface area contributed by atoms with Crippen LogP contribution in [0.4, 0.5) is 13.2 Å². The fourth-order valence-electron chi connectivity index (χ4n) is 1.000. The largest absolute Gasteiger partial charge is 0.314 e. The van der Waals surface area contributed by atoms with Gasteiger partial charge in [0.2, 0.25) is 5.92 Å². The van der Waals surface area contributed by atoms with Crippen LogP contribution in [0.1, 0.15) is 61.3 Å². The Morgan fingerprint density at radius 3 is 1.50 bits per heavy atom. The molecular weight excluding hydrogens is 290 g/mol. The van der Waals surface area contributed by atoms with Gasteiger partial charge in [0.15, 0.2) is 0 Å². The first-order valence-electron chi connectivity index (χ1n) is 4.58. The Balaban J connectivity index is -0.0000000760. The molecule has 0 N–H and O–H groups in total.